The summed E-state index contributed by atoms with van der Waals surface area (Å²) in [5.41, 5.74) is 9.76. The fourth-order valence-electron chi connectivity index (χ4n) is 3.12. The fourth-order valence-corrected chi connectivity index (χ4v) is 3.12. The van der Waals surface area contributed by atoms with Crippen LogP contribution in [0.2, 0.25) is 0 Å². The van der Waals surface area contributed by atoms with Crippen molar-refractivity contribution >= 4 is 0 Å². The van der Waals surface area contributed by atoms with Gasteiger partial charge in [-0.2, -0.15) is 0 Å². The number of aryl methyl sites for hydroxylation is 3. The first-order valence-electron chi connectivity index (χ1n) is 8.02. The summed E-state index contributed by atoms with van der Waals surface area (Å²) in [5.74, 6) is 1.13. The second-order valence-corrected chi connectivity index (χ2v) is 6.97. The van der Waals surface area contributed by atoms with E-state index in [0.717, 1.165) is 0 Å². The van der Waals surface area contributed by atoms with Crippen molar-refractivity contribution in [1.29, 1.82) is 0 Å². The molecule has 0 bridgehead atoms. The van der Waals surface area contributed by atoms with Crippen LogP contribution in [-0.2, 0) is 0 Å². The van der Waals surface area contributed by atoms with Crippen LogP contribution in [0.5, 0.6) is 0 Å². The Balaban J connectivity index is 2.69. The fraction of sp³-hybridized carbons (Fsp3) is 0.429. The van der Waals surface area contributed by atoms with Crippen LogP contribution in [0.3, 0.4) is 0 Å². The Morgan fingerprint density at radius 1 is 0.619 bits per heavy atom. The number of rotatable bonds is 3. The first-order chi connectivity index (χ1) is 9.79. The van der Waals surface area contributed by atoms with Gasteiger partial charge in [-0.1, -0.05) is 63.6 Å². The highest BCUT2D eigenvalue weighted by Crippen LogP contribution is 2.33. The highest BCUT2D eigenvalue weighted by Gasteiger charge is 2.12. The van der Waals surface area contributed by atoms with Gasteiger partial charge < -0.3 is 0 Å². The largest absolute Gasteiger partial charge is 0.0587 e. The molecule has 21 heavy (non-hydrogen) atoms. The molecule has 0 nitrogen and oxygen atoms in total. The van der Waals surface area contributed by atoms with Gasteiger partial charge in [-0.05, 0) is 66.0 Å². The lowest BCUT2D eigenvalue weighted by atomic mass is 9.87. The van der Waals surface area contributed by atoms with Gasteiger partial charge in [0.15, 0.2) is 0 Å². The zero-order valence-corrected chi connectivity index (χ0v) is 14.5. The van der Waals surface area contributed by atoms with Crippen molar-refractivity contribution < 1.29 is 0 Å². The summed E-state index contributed by atoms with van der Waals surface area (Å²) in [5, 5.41) is 0. The summed E-state index contributed by atoms with van der Waals surface area (Å²) in [4.78, 5) is 0. The third-order valence-corrected chi connectivity index (χ3v) is 4.28. The summed E-state index contributed by atoms with van der Waals surface area (Å²) in [7, 11) is 0. The minimum absolute atomic E-state index is 0.563. The zero-order chi connectivity index (χ0) is 15.7. The predicted molar refractivity (Wildman–Crippen MR) is 94.3 cm³/mol. The van der Waals surface area contributed by atoms with Crippen molar-refractivity contribution in [1.82, 2.24) is 0 Å². The molecule has 0 aliphatic heterocycles. The van der Waals surface area contributed by atoms with Crippen LogP contribution in [0.15, 0.2) is 30.3 Å². The molecule has 0 heterocycles. The second-order valence-electron chi connectivity index (χ2n) is 6.97. The third kappa shape index (κ3) is 3.37. The molecule has 0 fully saturated rings. The van der Waals surface area contributed by atoms with Crippen molar-refractivity contribution in [2.75, 3.05) is 0 Å². The summed E-state index contributed by atoms with van der Waals surface area (Å²) in [6, 6.07) is 11.7. The van der Waals surface area contributed by atoms with E-state index in [2.05, 4.69) is 78.8 Å². The molecule has 0 radical (unpaired) electrons. The number of hydrogen-bond acceptors (Lipinski definition) is 0. The average molecular weight is 280 g/mol. The van der Waals surface area contributed by atoms with Crippen LogP contribution in [-0.4, -0.2) is 0 Å². The van der Waals surface area contributed by atoms with E-state index in [1.54, 1.807) is 0 Å². The molecule has 0 saturated heterocycles. The number of hydrogen-bond donors (Lipinski definition) is 0. The summed E-state index contributed by atoms with van der Waals surface area (Å²) < 4.78 is 0. The van der Waals surface area contributed by atoms with E-state index < -0.39 is 0 Å². The Hall–Kier alpha value is -1.56. The molecule has 2 aromatic rings. The lowest BCUT2D eigenvalue weighted by molar-refractivity contribution is 0.834. The van der Waals surface area contributed by atoms with E-state index in [1.165, 1.54) is 38.9 Å². The van der Waals surface area contributed by atoms with E-state index in [0.29, 0.717) is 11.8 Å². The highest BCUT2D eigenvalue weighted by molar-refractivity contribution is 5.72. The normalized spacial score (nSPS) is 11.5. The molecule has 2 aromatic carbocycles. The van der Waals surface area contributed by atoms with Crippen LogP contribution >= 0.6 is 0 Å². The molecule has 0 unspecified atom stereocenters. The molecule has 0 aromatic heterocycles. The standard InChI is InChI=1S/C21H28/c1-13(2)18-10-19(14(3)4)12-20(11-18)21-16(6)8-15(5)9-17(21)7/h8-14H,1-7H3. The quantitative estimate of drug-likeness (QED) is 0.600. The molecule has 0 heteroatoms. The smallest absolute Gasteiger partial charge is 0.0125 e. The molecule has 0 aliphatic rings. The van der Waals surface area contributed by atoms with Gasteiger partial charge in [0, 0.05) is 0 Å². The van der Waals surface area contributed by atoms with Crippen LogP contribution in [0, 0.1) is 20.8 Å². The van der Waals surface area contributed by atoms with Gasteiger partial charge in [-0.3, -0.25) is 0 Å². The highest BCUT2D eigenvalue weighted by atomic mass is 14.2. The van der Waals surface area contributed by atoms with E-state index in [-0.39, 0.29) is 0 Å². The van der Waals surface area contributed by atoms with E-state index in [9.17, 15) is 0 Å². The minimum atomic E-state index is 0.563. The predicted octanol–water partition coefficient (Wildman–Crippen LogP) is 6.53. The lowest BCUT2D eigenvalue weighted by Crippen LogP contribution is -1.97. The Morgan fingerprint density at radius 3 is 1.43 bits per heavy atom. The van der Waals surface area contributed by atoms with Crippen LogP contribution < -0.4 is 0 Å². The van der Waals surface area contributed by atoms with Crippen molar-refractivity contribution in [2.45, 2.75) is 60.3 Å². The van der Waals surface area contributed by atoms with E-state index in [4.69, 9.17) is 0 Å². The Bertz CT molecular complexity index is 596. The van der Waals surface area contributed by atoms with Gasteiger partial charge in [-0.15, -0.1) is 0 Å². The topological polar surface area (TPSA) is 0 Å². The zero-order valence-electron chi connectivity index (χ0n) is 14.5. The molecule has 0 spiro atoms. The van der Waals surface area contributed by atoms with Crippen molar-refractivity contribution in [3.05, 3.63) is 58.1 Å². The maximum Gasteiger partial charge on any atom is -0.0125 e. The molecular weight excluding hydrogens is 252 g/mol. The van der Waals surface area contributed by atoms with E-state index >= 15 is 0 Å². The Labute approximate surface area is 130 Å². The van der Waals surface area contributed by atoms with Gasteiger partial charge >= 0.3 is 0 Å². The summed E-state index contributed by atoms with van der Waals surface area (Å²) >= 11 is 0. The lowest BCUT2D eigenvalue weighted by Gasteiger charge is -2.17. The summed E-state index contributed by atoms with van der Waals surface area (Å²) in [6.07, 6.45) is 0. The van der Waals surface area contributed by atoms with Gasteiger partial charge in [0.2, 0.25) is 0 Å². The van der Waals surface area contributed by atoms with Crippen molar-refractivity contribution in [3.63, 3.8) is 0 Å². The molecule has 2 rings (SSSR count). The van der Waals surface area contributed by atoms with Crippen molar-refractivity contribution in [2.24, 2.45) is 0 Å². The molecule has 0 N–H and O–H groups in total. The van der Waals surface area contributed by atoms with Gasteiger partial charge in [0.25, 0.3) is 0 Å². The van der Waals surface area contributed by atoms with Crippen LogP contribution in [0.1, 0.15) is 67.3 Å². The summed E-state index contributed by atoms with van der Waals surface area (Å²) in [6.45, 7) is 15.7. The Kier molecular flexibility index (Phi) is 4.56. The average Bonchev–Trinajstić information content (AvgIpc) is 2.36. The second kappa shape index (κ2) is 6.05. The number of benzene rings is 2. The van der Waals surface area contributed by atoms with Gasteiger partial charge in [0.1, 0.15) is 0 Å². The van der Waals surface area contributed by atoms with E-state index in [1.807, 2.05) is 0 Å². The molecule has 0 amide bonds. The maximum atomic E-state index is 2.38. The first kappa shape index (κ1) is 15.8. The first-order valence-corrected chi connectivity index (χ1v) is 8.02. The molecule has 112 valence electrons. The third-order valence-electron chi connectivity index (χ3n) is 4.28. The van der Waals surface area contributed by atoms with Gasteiger partial charge in [-0.25, -0.2) is 0 Å². The SMILES string of the molecule is Cc1cc(C)c(-c2cc(C(C)C)cc(C(C)C)c2)c(C)c1. The van der Waals surface area contributed by atoms with Crippen LogP contribution in [0.4, 0.5) is 0 Å². The Morgan fingerprint density at radius 2 is 1.05 bits per heavy atom. The van der Waals surface area contributed by atoms with Gasteiger partial charge in [0.05, 0.1) is 0 Å². The molecular formula is C21H28. The molecule has 0 saturated carbocycles. The molecule has 0 aliphatic carbocycles. The monoisotopic (exact) mass is 280 g/mol. The minimum Gasteiger partial charge on any atom is -0.0587 e. The van der Waals surface area contributed by atoms with Crippen molar-refractivity contribution in [3.8, 4) is 11.1 Å². The maximum absolute atomic E-state index is 2.38. The van der Waals surface area contributed by atoms with Crippen LogP contribution in [0.25, 0.3) is 11.1 Å². The molecule has 0 atom stereocenters.